The molecule has 0 spiro atoms. The first-order valence-corrected chi connectivity index (χ1v) is 8.19. The summed E-state index contributed by atoms with van der Waals surface area (Å²) in [4.78, 5) is 37.9. The normalized spacial score (nSPS) is 20.4. The number of rotatable bonds is 5. The van der Waals surface area contributed by atoms with E-state index in [4.69, 9.17) is 5.11 Å². The summed E-state index contributed by atoms with van der Waals surface area (Å²) < 4.78 is 1.22. The van der Waals surface area contributed by atoms with E-state index in [9.17, 15) is 14.4 Å². The summed E-state index contributed by atoms with van der Waals surface area (Å²) in [6, 6.07) is 5.03. The number of carbonyl (C=O) groups is 3. The van der Waals surface area contributed by atoms with Crippen LogP contribution >= 0.6 is 11.3 Å². The van der Waals surface area contributed by atoms with Crippen molar-refractivity contribution in [3.8, 4) is 0 Å². The second-order valence-corrected chi connectivity index (χ2v) is 6.54. The van der Waals surface area contributed by atoms with Crippen LogP contribution in [0.5, 0.6) is 0 Å². The van der Waals surface area contributed by atoms with E-state index in [1.54, 1.807) is 11.9 Å². The van der Waals surface area contributed by atoms with Gasteiger partial charge in [0.05, 0.1) is 12.0 Å². The number of aromatic nitrogens is 2. The average Bonchev–Trinajstić information content (AvgIpc) is 3.22. The lowest BCUT2D eigenvalue weighted by Gasteiger charge is -2.23. The number of thiophene rings is 1. The first-order chi connectivity index (χ1) is 11.5. The number of hydrogen-bond acceptors (Lipinski definition) is 5. The van der Waals surface area contributed by atoms with Gasteiger partial charge in [-0.25, -0.2) is 0 Å². The van der Waals surface area contributed by atoms with Crippen molar-refractivity contribution in [2.75, 3.05) is 12.4 Å². The number of aliphatic carboxylic acids is 1. The topological polar surface area (TPSA) is 105 Å². The first-order valence-electron chi connectivity index (χ1n) is 7.31. The van der Waals surface area contributed by atoms with Crippen molar-refractivity contribution in [1.82, 2.24) is 14.7 Å². The minimum atomic E-state index is -1.02. The number of likely N-dealkylation sites (tertiary alicyclic amines) is 1. The van der Waals surface area contributed by atoms with Crippen LogP contribution in [0.2, 0.25) is 0 Å². The number of anilines is 1. The SMILES string of the molecule is CN1C(=O)C[C@@H](C(=O)Nc2ccn(CC(=O)O)n2)[C@H]1c1cccs1. The number of carboxylic acid groups (broad SMARTS) is 1. The standard InChI is InChI=1S/C15H16N4O4S/c1-18-12(20)7-9(14(18)10-3-2-6-24-10)15(23)16-11-4-5-19(17-11)8-13(21)22/h2-6,9,14H,7-8H2,1H3,(H,21,22)(H,16,17,23)/t9-,14+/m1/s1. The molecule has 1 aliphatic heterocycles. The van der Waals surface area contributed by atoms with Gasteiger partial charge in [0, 0.05) is 30.6 Å². The van der Waals surface area contributed by atoms with Crippen LogP contribution < -0.4 is 5.32 Å². The van der Waals surface area contributed by atoms with Gasteiger partial charge in [-0.3, -0.25) is 19.1 Å². The molecule has 2 aromatic heterocycles. The number of nitrogens with one attached hydrogen (secondary N) is 1. The highest BCUT2D eigenvalue weighted by molar-refractivity contribution is 7.10. The van der Waals surface area contributed by atoms with Crippen molar-refractivity contribution in [3.05, 3.63) is 34.7 Å². The fourth-order valence-corrected chi connectivity index (χ4v) is 3.76. The molecule has 9 heteroatoms. The molecule has 2 N–H and O–H groups in total. The van der Waals surface area contributed by atoms with E-state index in [0.29, 0.717) is 0 Å². The number of nitrogens with zero attached hydrogens (tertiary/aromatic N) is 3. The van der Waals surface area contributed by atoms with Crippen molar-refractivity contribution >= 4 is 34.9 Å². The Hall–Kier alpha value is -2.68. The van der Waals surface area contributed by atoms with Crippen LogP contribution in [0.1, 0.15) is 17.3 Å². The number of carboxylic acids is 1. The van der Waals surface area contributed by atoms with E-state index in [1.165, 1.54) is 28.3 Å². The molecule has 2 aromatic rings. The van der Waals surface area contributed by atoms with Crippen LogP contribution in [0.25, 0.3) is 0 Å². The second-order valence-electron chi connectivity index (χ2n) is 5.56. The van der Waals surface area contributed by atoms with Gasteiger partial charge in [-0.05, 0) is 11.4 Å². The van der Waals surface area contributed by atoms with Crippen LogP contribution in [0.3, 0.4) is 0 Å². The average molecular weight is 348 g/mol. The van der Waals surface area contributed by atoms with Gasteiger partial charge < -0.3 is 15.3 Å². The van der Waals surface area contributed by atoms with Gasteiger partial charge in [-0.1, -0.05) is 6.07 Å². The van der Waals surface area contributed by atoms with E-state index in [2.05, 4.69) is 10.4 Å². The summed E-state index contributed by atoms with van der Waals surface area (Å²) in [5.74, 6) is -1.63. The summed E-state index contributed by atoms with van der Waals surface area (Å²) in [5, 5.41) is 17.3. The number of hydrogen-bond donors (Lipinski definition) is 2. The molecule has 0 aliphatic carbocycles. The molecule has 3 rings (SSSR count). The minimum absolute atomic E-state index is 0.0787. The Balaban J connectivity index is 1.75. The first kappa shape index (κ1) is 16.2. The van der Waals surface area contributed by atoms with E-state index in [1.807, 2.05) is 17.5 Å². The molecule has 0 unspecified atom stereocenters. The highest BCUT2D eigenvalue weighted by Crippen LogP contribution is 2.39. The molecule has 1 aliphatic rings. The van der Waals surface area contributed by atoms with E-state index in [0.717, 1.165) is 4.88 Å². The van der Waals surface area contributed by atoms with Gasteiger partial charge in [0.1, 0.15) is 6.54 Å². The molecule has 8 nitrogen and oxygen atoms in total. The summed E-state index contributed by atoms with van der Waals surface area (Å²) in [6.07, 6.45) is 1.62. The second kappa shape index (κ2) is 6.44. The molecule has 1 fully saturated rings. The third-order valence-electron chi connectivity index (χ3n) is 3.95. The van der Waals surface area contributed by atoms with Crippen molar-refractivity contribution in [3.63, 3.8) is 0 Å². The summed E-state index contributed by atoms with van der Waals surface area (Å²) in [7, 11) is 1.70. The van der Waals surface area contributed by atoms with Crippen LogP contribution in [0.15, 0.2) is 29.8 Å². The zero-order valence-electron chi connectivity index (χ0n) is 12.9. The van der Waals surface area contributed by atoms with Gasteiger partial charge in [-0.15, -0.1) is 11.3 Å². The fraction of sp³-hybridized carbons (Fsp3) is 0.333. The highest BCUT2D eigenvalue weighted by atomic mass is 32.1. The maximum Gasteiger partial charge on any atom is 0.325 e. The van der Waals surface area contributed by atoms with Gasteiger partial charge in [0.25, 0.3) is 0 Å². The Labute approximate surface area is 141 Å². The lowest BCUT2D eigenvalue weighted by atomic mass is 9.98. The predicted octanol–water partition coefficient (Wildman–Crippen LogP) is 1.19. The minimum Gasteiger partial charge on any atom is -0.480 e. The third kappa shape index (κ3) is 3.16. The Morgan fingerprint density at radius 3 is 2.92 bits per heavy atom. The molecule has 1 saturated heterocycles. The van der Waals surface area contributed by atoms with Crippen molar-refractivity contribution < 1.29 is 19.5 Å². The Kier molecular flexibility index (Phi) is 4.34. The smallest absolute Gasteiger partial charge is 0.325 e. The monoisotopic (exact) mass is 348 g/mol. The third-order valence-corrected chi connectivity index (χ3v) is 4.89. The Morgan fingerprint density at radius 2 is 2.25 bits per heavy atom. The molecule has 0 saturated carbocycles. The fourth-order valence-electron chi connectivity index (χ4n) is 2.83. The molecule has 2 amide bonds. The highest BCUT2D eigenvalue weighted by Gasteiger charge is 2.43. The lowest BCUT2D eigenvalue weighted by molar-refractivity contribution is -0.138. The summed E-state index contributed by atoms with van der Waals surface area (Å²) in [5.41, 5.74) is 0. The molecule has 3 heterocycles. The Morgan fingerprint density at radius 1 is 1.46 bits per heavy atom. The molecule has 0 bridgehead atoms. The van der Waals surface area contributed by atoms with Crippen molar-refractivity contribution in [1.29, 1.82) is 0 Å². The van der Waals surface area contributed by atoms with Crippen molar-refractivity contribution in [2.45, 2.75) is 19.0 Å². The Bertz CT molecular complexity index is 770. The van der Waals surface area contributed by atoms with Gasteiger partial charge in [-0.2, -0.15) is 5.10 Å². The van der Waals surface area contributed by atoms with Gasteiger partial charge in [0.15, 0.2) is 5.82 Å². The quantitative estimate of drug-likeness (QED) is 0.844. The van der Waals surface area contributed by atoms with E-state index in [-0.39, 0.29) is 36.6 Å². The van der Waals surface area contributed by atoms with Crippen molar-refractivity contribution in [2.24, 2.45) is 5.92 Å². The zero-order valence-corrected chi connectivity index (χ0v) is 13.7. The molecule has 2 atom stereocenters. The van der Waals surface area contributed by atoms with Gasteiger partial charge in [0.2, 0.25) is 11.8 Å². The zero-order chi connectivity index (χ0) is 17.3. The molecule has 0 aromatic carbocycles. The largest absolute Gasteiger partial charge is 0.480 e. The van der Waals surface area contributed by atoms with Crippen LogP contribution in [-0.4, -0.2) is 44.6 Å². The lowest BCUT2D eigenvalue weighted by Crippen LogP contribution is -2.29. The molecular weight excluding hydrogens is 332 g/mol. The molecular formula is C15H16N4O4S. The van der Waals surface area contributed by atoms with Crippen LogP contribution in [0.4, 0.5) is 5.82 Å². The van der Waals surface area contributed by atoms with Gasteiger partial charge >= 0.3 is 5.97 Å². The van der Waals surface area contributed by atoms with E-state index < -0.39 is 11.9 Å². The predicted molar refractivity (Wildman–Crippen MR) is 86.4 cm³/mol. The molecule has 126 valence electrons. The number of carbonyl (C=O) groups excluding carboxylic acids is 2. The van der Waals surface area contributed by atoms with Crippen LogP contribution in [-0.2, 0) is 20.9 Å². The maximum atomic E-state index is 12.6. The number of amides is 2. The molecule has 24 heavy (non-hydrogen) atoms. The summed E-state index contributed by atoms with van der Waals surface area (Å²) in [6.45, 7) is -0.279. The molecule has 0 radical (unpaired) electrons. The van der Waals surface area contributed by atoms with E-state index >= 15 is 0 Å². The summed E-state index contributed by atoms with van der Waals surface area (Å²) >= 11 is 1.51. The van der Waals surface area contributed by atoms with Crippen LogP contribution in [0, 0.1) is 5.92 Å². The maximum absolute atomic E-state index is 12.6.